The summed E-state index contributed by atoms with van der Waals surface area (Å²) < 4.78 is 0. The third-order valence-corrected chi connectivity index (χ3v) is 4.42. The van der Waals surface area contributed by atoms with E-state index in [4.69, 9.17) is 0 Å². The minimum Gasteiger partial charge on any atom is -0.345 e. The average Bonchev–Trinajstić information content (AvgIpc) is 2.72. The Morgan fingerprint density at radius 1 is 0.897 bits per heavy atom. The van der Waals surface area contributed by atoms with Crippen LogP contribution in [0.3, 0.4) is 0 Å². The van der Waals surface area contributed by atoms with Crippen LogP contribution in [0.25, 0.3) is 0 Å². The lowest BCUT2D eigenvalue weighted by atomic mass is 9.87. The molecular formula is C23H24N4O2. The van der Waals surface area contributed by atoms with E-state index in [0.29, 0.717) is 11.3 Å². The Morgan fingerprint density at radius 2 is 1.66 bits per heavy atom. The highest BCUT2D eigenvalue weighted by molar-refractivity contribution is 6.05. The first-order valence-electron chi connectivity index (χ1n) is 9.39. The Labute approximate surface area is 170 Å². The Morgan fingerprint density at radius 3 is 2.31 bits per heavy atom. The molecule has 0 radical (unpaired) electrons. The maximum atomic E-state index is 12.6. The maximum absolute atomic E-state index is 12.6. The van der Waals surface area contributed by atoms with Gasteiger partial charge in [0.1, 0.15) is 5.69 Å². The quantitative estimate of drug-likeness (QED) is 0.693. The van der Waals surface area contributed by atoms with Crippen molar-refractivity contribution in [2.24, 2.45) is 0 Å². The molecule has 0 saturated heterocycles. The predicted octanol–water partition coefficient (Wildman–Crippen LogP) is 3.96. The summed E-state index contributed by atoms with van der Waals surface area (Å²) in [6.07, 6.45) is 3.12. The Kier molecular flexibility index (Phi) is 6.02. The lowest BCUT2D eigenvalue weighted by Crippen LogP contribution is -2.25. The number of carbonyl (C=O) groups is 2. The summed E-state index contributed by atoms with van der Waals surface area (Å²) in [7, 11) is 0. The summed E-state index contributed by atoms with van der Waals surface area (Å²) in [5.41, 5.74) is 3.21. The fourth-order valence-electron chi connectivity index (χ4n) is 2.72. The number of anilines is 1. The molecule has 0 unspecified atom stereocenters. The number of nitrogens with zero attached hydrogens (tertiary/aromatic N) is 2. The number of nitrogens with one attached hydrogen (secondary N) is 2. The van der Waals surface area contributed by atoms with Crippen LogP contribution in [-0.4, -0.2) is 21.8 Å². The van der Waals surface area contributed by atoms with E-state index in [1.807, 2.05) is 42.5 Å². The number of aromatic nitrogens is 2. The molecule has 6 nitrogen and oxygen atoms in total. The molecule has 0 saturated carbocycles. The number of amides is 2. The second-order valence-corrected chi connectivity index (χ2v) is 7.71. The molecule has 6 heteroatoms. The van der Waals surface area contributed by atoms with Gasteiger partial charge in [-0.25, -0.2) is 0 Å². The van der Waals surface area contributed by atoms with Crippen LogP contribution >= 0.6 is 0 Å². The van der Waals surface area contributed by atoms with Crippen LogP contribution in [0.5, 0.6) is 0 Å². The Balaban J connectivity index is 1.65. The highest BCUT2D eigenvalue weighted by atomic mass is 16.2. The predicted molar refractivity (Wildman–Crippen MR) is 113 cm³/mol. The van der Waals surface area contributed by atoms with Crippen molar-refractivity contribution in [3.8, 4) is 0 Å². The molecule has 148 valence electrons. The molecule has 0 atom stereocenters. The standard InChI is InChI=1S/C23H24N4O2/c1-23(2,3)17-7-9-18(10-8-17)27-21(28)16-11-13-25-20(14-16)22(29)26-15-19-6-4-5-12-24-19/h4-14H,15H2,1-3H3,(H,26,29)(H,27,28). The van der Waals surface area contributed by atoms with Crippen molar-refractivity contribution in [1.82, 2.24) is 15.3 Å². The molecule has 0 aliphatic heterocycles. The molecule has 3 rings (SSSR count). The van der Waals surface area contributed by atoms with Crippen molar-refractivity contribution in [2.45, 2.75) is 32.7 Å². The molecular weight excluding hydrogens is 364 g/mol. The summed E-state index contributed by atoms with van der Waals surface area (Å²) in [5.74, 6) is -0.658. The normalized spacial score (nSPS) is 11.0. The molecule has 0 spiro atoms. The fraction of sp³-hybridized carbons (Fsp3) is 0.217. The molecule has 2 N–H and O–H groups in total. The molecule has 0 fully saturated rings. The SMILES string of the molecule is CC(C)(C)c1ccc(NC(=O)c2ccnc(C(=O)NCc3ccccn3)c2)cc1. The Hall–Kier alpha value is -3.54. The number of pyridine rings is 2. The van der Waals surface area contributed by atoms with E-state index in [1.165, 1.54) is 17.8 Å². The van der Waals surface area contributed by atoms with E-state index in [2.05, 4.69) is 41.4 Å². The summed E-state index contributed by atoms with van der Waals surface area (Å²) in [5, 5.41) is 5.61. The summed E-state index contributed by atoms with van der Waals surface area (Å²) in [6.45, 7) is 6.70. The molecule has 0 aliphatic carbocycles. The van der Waals surface area contributed by atoms with E-state index in [-0.39, 0.29) is 29.5 Å². The van der Waals surface area contributed by atoms with Crippen molar-refractivity contribution in [1.29, 1.82) is 0 Å². The molecule has 3 aromatic rings. The zero-order valence-electron chi connectivity index (χ0n) is 16.8. The minimum absolute atomic E-state index is 0.0468. The van der Waals surface area contributed by atoms with E-state index in [9.17, 15) is 9.59 Å². The van der Waals surface area contributed by atoms with Crippen molar-refractivity contribution in [2.75, 3.05) is 5.32 Å². The van der Waals surface area contributed by atoms with Crippen LogP contribution in [0.4, 0.5) is 5.69 Å². The molecule has 0 aliphatic rings. The van der Waals surface area contributed by atoms with Gasteiger partial charge in [0.15, 0.2) is 0 Å². The number of hydrogen-bond donors (Lipinski definition) is 2. The van der Waals surface area contributed by atoms with Crippen molar-refractivity contribution >= 4 is 17.5 Å². The van der Waals surface area contributed by atoms with Crippen LogP contribution in [0.15, 0.2) is 67.0 Å². The van der Waals surface area contributed by atoms with Crippen molar-refractivity contribution < 1.29 is 9.59 Å². The lowest BCUT2D eigenvalue weighted by molar-refractivity contribution is 0.0945. The van der Waals surface area contributed by atoms with Gasteiger partial charge in [-0.3, -0.25) is 19.6 Å². The van der Waals surface area contributed by atoms with E-state index < -0.39 is 0 Å². The summed E-state index contributed by atoms with van der Waals surface area (Å²) in [4.78, 5) is 33.1. The molecule has 2 amide bonds. The number of rotatable bonds is 5. The first-order chi connectivity index (χ1) is 13.8. The van der Waals surface area contributed by atoms with E-state index >= 15 is 0 Å². The number of carbonyl (C=O) groups excluding carboxylic acids is 2. The van der Waals surface area contributed by atoms with Gasteiger partial charge in [-0.2, -0.15) is 0 Å². The smallest absolute Gasteiger partial charge is 0.270 e. The maximum Gasteiger partial charge on any atom is 0.270 e. The van der Waals surface area contributed by atoms with Gasteiger partial charge in [0, 0.05) is 23.6 Å². The number of hydrogen-bond acceptors (Lipinski definition) is 4. The van der Waals surface area contributed by atoms with Gasteiger partial charge >= 0.3 is 0 Å². The van der Waals surface area contributed by atoms with E-state index in [0.717, 1.165) is 5.69 Å². The minimum atomic E-state index is -0.361. The third-order valence-electron chi connectivity index (χ3n) is 4.42. The van der Waals surface area contributed by atoms with Gasteiger partial charge in [0.25, 0.3) is 11.8 Å². The van der Waals surface area contributed by atoms with Crippen LogP contribution in [0.1, 0.15) is 52.9 Å². The van der Waals surface area contributed by atoms with Gasteiger partial charge in [-0.1, -0.05) is 39.0 Å². The van der Waals surface area contributed by atoms with Gasteiger partial charge in [-0.05, 0) is 47.4 Å². The molecule has 29 heavy (non-hydrogen) atoms. The van der Waals surface area contributed by atoms with Crippen LogP contribution in [0, 0.1) is 0 Å². The van der Waals surface area contributed by atoms with Crippen molar-refractivity contribution in [3.05, 3.63) is 89.5 Å². The first-order valence-corrected chi connectivity index (χ1v) is 9.39. The second-order valence-electron chi connectivity index (χ2n) is 7.71. The zero-order chi connectivity index (χ0) is 20.9. The van der Waals surface area contributed by atoms with Crippen LogP contribution < -0.4 is 10.6 Å². The largest absolute Gasteiger partial charge is 0.345 e. The molecule has 2 heterocycles. The topological polar surface area (TPSA) is 84.0 Å². The third kappa shape index (κ3) is 5.48. The van der Waals surface area contributed by atoms with Gasteiger partial charge < -0.3 is 10.6 Å². The highest BCUT2D eigenvalue weighted by Crippen LogP contribution is 2.23. The summed E-state index contributed by atoms with van der Waals surface area (Å²) >= 11 is 0. The van der Waals surface area contributed by atoms with Gasteiger partial charge in [-0.15, -0.1) is 0 Å². The van der Waals surface area contributed by atoms with Crippen LogP contribution in [0.2, 0.25) is 0 Å². The van der Waals surface area contributed by atoms with E-state index in [1.54, 1.807) is 12.3 Å². The monoisotopic (exact) mass is 388 g/mol. The lowest BCUT2D eigenvalue weighted by Gasteiger charge is -2.19. The average molecular weight is 388 g/mol. The van der Waals surface area contributed by atoms with Gasteiger partial charge in [0.05, 0.1) is 12.2 Å². The highest BCUT2D eigenvalue weighted by Gasteiger charge is 2.15. The molecule has 0 bridgehead atoms. The molecule has 1 aromatic carbocycles. The van der Waals surface area contributed by atoms with Gasteiger partial charge in [0.2, 0.25) is 0 Å². The first kappa shape index (κ1) is 20.2. The fourth-order valence-corrected chi connectivity index (χ4v) is 2.72. The summed E-state index contributed by atoms with van der Waals surface area (Å²) in [6, 6.07) is 16.3. The Bertz CT molecular complexity index is 993. The zero-order valence-corrected chi connectivity index (χ0v) is 16.8. The second kappa shape index (κ2) is 8.65. The molecule has 2 aromatic heterocycles. The number of benzene rings is 1. The van der Waals surface area contributed by atoms with Crippen LogP contribution in [-0.2, 0) is 12.0 Å². The van der Waals surface area contributed by atoms with Crippen molar-refractivity contribution in [3.63, 3.8) is 0 Å².